The van der Waals surface area contributed by atoms with Crippen LogP contribution in [0.15, 0.2) is 116 Å². The molecule has 2 aliphatic rings. The number of hydrogen-bond donors (Lipinski definition) is 7. The van der Waals surface area contributed by atoms with Gasteiger partial charge in [-0.25, -0.2) is 4.39 Å². The SMILES string of the molecule is CC(C)CC(NC(=O)C(CCCCNC(=O)c1cccnc1)NC(=O)C1Cc2ccccc2CN1C(=O)C(CO)NC(=O)C(Cc1cccc2ccccc12)NC(=O)CCc1ccc(F)cc1)C(=O)NCCN1CCCC1. The summed E-state index contributed by atoms with van der Waals surface area (Å²) in [5.74, 6) is -4.27. The molecule has 1 saturated heterocycles. The Morgan fingerprint density at radius 3 is 2.17 bits per heavy atom. The van der Waals surface area contributed by atoms with Crippen LogP contribution >= 0.6 is 0 Å². The first-order valence-corrected chi connectivity index (χ1v) is 26.8. The second kappa shape index (κ2) is 28.5. The second-order valence-electron chi connectivity index (χ2n) is 20.4. The number of nitrogens with zero attached hydrogens (tertiary/aromatic N) is 3. The number of unbranched alkanes of at least 4 members (excludes halogenated alkanes) is 1. The maximum Gasteiger partial charge on any atom is 0.252 e. The smallest absolute Gasteiger partial charge is 0.252 e. The maximum absolute atomic E-state index is 14.9. The molecular formula is C59H72FN9O8. The van der Waals surface area contributed by atoms with Gasteiger partial charge in [0.25, 0.3) is 5.91 Å². The lowest BCUT2D eigenvalue weighted by Crippen LogP contribution is -2.62. The quantitative estimate of drug-likeness (QED) is 0.0389. The Hall–Kier alpha value is -7.57. The number of rotatable bonds is 26. The van der Waals surface area contributed by atoms with Gasteiger partial charge in [-0.3, -0.25) is 38.5 Å². The zero-order valence-corrected chi connectivity index (χ0v) is 44.0. The minimum atomic E-state index is -1.56. The third-order valence-electron chi connectivity index (χ3n) is 14.2. The largest absolute Gasteiger partial charge is 0.394 e. The van der Waals surface area contributed by atoms with Crippen LogP contribution in [0.1, 0.15) is 91.4 Å². The van der Waals surface area contributed by atoms with Crippen LogP contribution in [0.4, 0.5) is 4.39 Å². The molecule has 5 atom stereocenters. The van der Waals surface area contributed by atoms with E-state index in [1.165, 1.54) is 23.2 Å². The van der Waals surface area contributed by atoms with Crippen molar-refractivity contribution in [2.75, 3.05) is 39.3 Å². The zero-order chi connectivity index (χ0) is 54.7. The molecular weight excluding hydrogens is 982 g/mol. The van der Waals surface area contributed by atoms with Crippen LogP contribution in [0.3, 0.4) is 0 Å². The lowest BCUT2D eigenvalue weighted by atomic mass is 9.92. The van der Waals surface area contributed by atoms with Crippen LogP contribution in [-0.4, -0.2) is 131 Å². The summed E-state index contributed by atoms with van der Waals surface area (Å²) in [4.78, 5) is 106. The highest BCUT2D eigenvalue weighted by Gasteiger charge is 2.40. The number of nitrogens with one attached hydrogen (secondary N) is 6. The van der Waals surface area contributed by atoms with Gasteiger partial charge in [0.1, 0.15) is 36.0 Å². The Bertz CT molecular complexity index is 2810. The number of pyridine rings is 1. The number of halogens is 1. The highest BCUT2D eigenvalue weighted by atomic mass is 19.1. The van der Waals surface area contributed by atoms with Gasteiger partial charge in [0.2, 0.25) is 35.4 Å². The molecule has 7 amide bonds. The van der Waals surface area contributed by atoms with Crippen molar-refractivity contribution in [3.63, 3.8) is 0 Å². The van der Waals surface area contributed by atoms with Crippen LogP contribution in [-0.2, 0) is 54.6 Å². The summed E-state index contributed by atoms with van der Waals surface area (Å²) in [6, 6.07) is 23.6. The van der Waals surface area contributed by atoms with Crippen LogP contribution in [0, 0.1) is 11.7 Å². The predicted molar refractivity (Wildman–Crippen MR) is 290 cm³/mol. The predicted octanol–water partition coefficient (Wildman–Crippen LogP) is 4.29. The van der Waals surface area contributed by atoms with Crippen molar-refractivity contribution in [1.82, 2.24) is 46.7 Å². The summed E-state index contributed by atoms with van der Waals surface area (Å²) in [5, 5.41) is 29.9. The molecule has 0 radical (unpaired) electrons. The van der Waals surface area contributed by atoms with Crippen molar-refractivity contribution < 1.29 is 43.1 Å². The number of aryl methyl sites for hydroxylation is 1. The molecule has 77 heavy (non-hydrogen) atoms. The molecule has 18 heteroatoms. The van der Waals surface area contributed by atoms with Crippen LogP contribution in [0.5, 0.6) is 0 Å². The number of aromatic nitrogens is 1. The highest BCUT2D eigenvalue weighted by Crippen LogP contribution is 2.26. The molecule has 3 heterocycles. The number of aliphatic hydroxyl groups is 1. The van der Waals surface area contributed by atoms with Gasteiger partial charge in [0, 0.05) is 57.8 Å². The standard InChI is InChI=1S/C59H72FN9O8/c1-39(2)33-49(55(73)63-29-32-68-30-9-10-31-68)66-56(74)48(20-7-8-28-62-54(72)44-18-12-27-61-36-44)65-58(76)52-35-42-14-3-4-15-45(42)37-69(52)59(77)51(38-70)67-57(75)50(34-43-17-11-16-41-13-5-6-19-47(41)43)64-53(71)26-23-40-21-24-46(60)25-22-40/h3-6,11-19,21-22,24-25,27,36,39,48-52,70H,7-10,20,23,26,28-35,37-38H2,1-2H3,(H,62,72)(H,63,73)(H,64,71)(H,65,76)(H,66,74)(H,67,75). The first-order valence-electron chi connectivity index (χ1n) is 26.8. The Labute approximate surface area is 449 Å². The summed E-state index contributed by atoms with van der Waals surface area (Å²) in [6.45, 7) is 6.28. The van der Waals surface area contributed by atoms with E-state index in [0.717, 1.165) is 59.0 Å². The normalized spacial score (nSPS) is 15.9. The van der Waals surface area contributed by atoms with E-state index in [1.807, 2.05) is 74.5 Å². The minimum absolute atomic E-state index is 0.0243. The molecule has 0 spiro atoms. The number of carbonyl (C=O) groups is 7. The van der Waals surface area contributed by atoms with E-state index in [9.17, 15) is 43.1 Å². The Morgan fingerprint density at radius 1 is 0.714 bits per heavy atom. The summed E-state index contributed by atoms with van der Waals surface area (Å²) < 4.78 is 13.6. The molecule has 408 valence electrons. The molecule has 7 N–H and O–H groups in total. The molecule has 5 unspecified atom stereocenters. The van der Waals surface area contributed by atoms with Gasteiger partial charge in [-0.15, -0.1) is 0 Å². The molecule has 1 fully saturated rings. The van der Waals surface area contributed by atoms with Crippen molar-refractivity contribution in [2.45, 2.75) is 115 Å². The number of benzene rings is 4. The number of likely N-dealkylation sites (tertiary alicyclic amines) is 1. The van der Waals surface area contributed by atoms with Gasteiger partial charge in [-0.1, -0.05) is 92.7 Å². The van der Waals surface area contributed by atoms with Gasteiger partial charge >= 0.3 is 0 Å². The second-order valence-corrected chi connectivity index (χ2v) is 20.4. The topological polar surface area (TPSA) is 231 Å². The molecule has 2 aliphatic heterocycles. The van der Waals surface area contributed by atoms with E-state index in [0.29, 0.717) is 37.9 Å². The summed E-state index contributed by atoms with van der Waals surface area (Å²) in [7, 11) is 0. The van der Waals surface area contributed by atoms with Crippen LogP contribution in [0.25, 0.3) is 10.8 Å². The maximum atomic E-state index is 14.9. The zero-order valence-electron chi connectivity index (χ0n) is 44.0. The fourth-order valence-electron chi connectivity index (χ4n) is 9.98. The molecule has 17 nitrogen and oxygen atoms in total. The fraction of sp³-hybridized carbons (Fsp3) is 0.424. The number of amides is 7. The van der Waals surface area contributed by atoms with Gasteiger partial charge < -0.3 is 46.8 Å². The van der Waals surface area contributed by atoms with Gasteiger partial charge in [0.15, 0.2) is 0 Å². The van der Waals surface area contributed by atoms with Crippen molar-refractivity contribution in [1.29, 1.82) is 0 Å². The van der Waals surface area contributed by atoms with Gasteiger partial charge in [-0.2, -0.15) is 0 Å². The van der Waals surface area contributed by atoms with E-state index in [-0.39, 0.29) is 62.9 Å². The van der Waals surface area contributed by atoms with E-state index in [2.05, 4.69) is 41.8 Å². The average Bonchev–Trinajstić information content (AvgIpc) is 3.98. The lowest BCUT2D eigenvalue weighted by Gasteiger charge is -2.38. The number of hydrogen-bond acceptors (Lipinski definition) is 10. The monoisotopic (exact) mass is 1050 g/mol. The summed E-state index contributed by atoms with van der Waals surface area (Å²) >= 11 is 0. The van der Waals surface area contributed by atoms with E-state index < -0.39 is 72.2 Å². The first-order chi connectivity index (χ1) is 37.3. The van der Waals surface area contributed by atoms with Crippen molar-refractivity contribution >= 4 is 52.1 Å². The fourth-order valence-corrected chi connectivity index (χ4v) is 9.98. The van der Waals surface area contributed by atoms with Gasteiger partial charge in [-0.05, 0) is 121 Å². The molecule has 0 aliphatic carbocycles. The Balaban J connectivity index is 1.09. The third-order valence-corrected chi connectivity index (χ3v) is 14.2. The Kier molecular flexibility index (Phi) is 21.2. The molecule has 7 rings (SSSR count). The molecule has 0 saturated carbocycles. The first kappa shape index (κ1) is 57.1. The van der Waals surface area contributed by atoms with E-state index >= 15 is 0 Å². The number of carbonyl (C=O) groups excluding carboxylic acids is 7. The molecule has 5 aromatic rings. The Morgan fingerprint density at radius 2 is 1.43 bits per heavy atom. The van der Waals surface area contributed by atoms with Crippen molar-refractivity contribution in [2.24, 2.45) is 5.92 Å². The third kappa shape index (κ3) is 16.7. The van der Waals surface area contributed by atoms with E-state index in [1.54, 1.807) is 36.5 Å². The number of fused-ring (bicyclic) bond motifs is 2. The van der Waals surface area contributed by atoms with Crippen LogP contribution in [0.2, 0.25) is 0 Å². The summed E-state index contributed by atoms with van der Waals surface area (Å²) in [5.41, 5.74) is 3.39. The lowest BCUT2D eigenvalue weighted by molar-refractivity contribution is -0.146. The molecule has 4 aromatic carbocycles. The van der Waals surface area contributed by atoms with E-state index in [4.69, 9.17) is 0 Å². The molecule has 1 aromatic heterocycles. The van der Waals surface area contributed by atoms with Gasteiger partial charge in [0.05, 0.1) is 12.2 Å². The van der Waals surface area contributed by atoms with Crippen molar-refractivity contribution in [3.8, 4) is 0 Å². The minimum Gasteiger partial charge on any atom is -0.394 e. The molecule has 0 bridgehead atoms. The van der Waals surface area contributed by atoms with Crippen LogP contribution < -0.4 is 31.9 Å². The summed E-state index contributed by atoms with van der Waals surface area (Å²) in [6.07, 6.45) is 6.83. The van der Waals surface area contributed by atoms with Crippen molar-refractivity contribution in [3.05, 3.63) is 149 Å². The number of aliphatic hydroxyl groups excluding tert-OH is 1. The highest BCUT2D eigenvalue weighted by molar-refractivity contribution is 5.97. The average molecular weight is 1050 g/mol.